The van der Waals surface area contributed by atoms with Crippen LogP contribution in [0.4, 0.5) is 0 Å². The zero-order valence-corrected chi connectivity index (χ0v) is 20.5. The van der Waals surface area contributed by atoms with E-state index in [0.717, 1.165) is 63.0 Å². The summed E-state index contributed by atoms with van der Waals surface area (Å²) in [6, 6.07) is 16.4. The van der Waals surface area contributed by atoms with Crippen LogP contribution in [0.25, 0.3) is 0 Å². The molecule has 2 aromatic carbocycles. The van der Waals surface area contributed by atoms with Crippen LogP contribution in [0, 0.1) is 0 Å². The third kappa shape index (κ3) is 9.67. The third-order valence-corrected chi connectivity index (χ3v) is 4.51. The van der Waals surface area contributed by atoms with E-state index in [1.54, 1.807) is 21.3 Å². The molecule has 0 radical (unpaired) electrons. The molecule has 0 aromatic heterocycles. The van der Waals surface area contributed by atoms with Crippen LogP contribution in [-0.2, 0) is 17.6 Å². The Morgan fingerprint density at radius 1 is 0.833 bits per heavy atom. The predicted molar refractivity (Wildman–Crippen MR) is 134 cm³/mol. The summed E-state index contributed by atoms with van der Waals surface area (Å²) in [5, 5.41) is 6.65. The van der Waals surface area contributed by atoms with Crippen LogP contribution in [0.2, 0.25) is 0 Å². The minimum atomic E-state index is 0. The molecule has 0 aliphatic carbocycles. The number of guanidine groups is 1. The van der Waals surface area contributed by atoms with E-state index in [1.807, 2.05) is 24.3 Å². The van der Waals surface area contributed by atoms with Crippen molar-refractivity contribution in [1.82, 2.24) is 10.6 Å². The van der Waals surface area contributed by atoms with Gasteiger partial charge in [-0.3, -0.25) is 4.99 Å². The highest BCUT2D eigenvalue weighted by Gasteiger charge is 2.05. The Kier molecular flexibility index (Phi) is 13.7. The normalized spacial score (nSPS) is 10.8. The lowest BCUT2D eigenvalue weighted by molar-refractivity contribution is 0.135. The van der Waals surface area contributed by atoms with E-state index in [9.17, 15) is 0 Å². The van der Waals surface area contributed by atoms with Gasteiger partial charge in [0.2, 0.25) is 0 Å². The van der Waals surface area contributed by atoms with Gasteiger partial charge >= 0.3 is 0 Å². The van der Waals surface area contributed by atoms with Gasteiger partial charge in [0.05, 0.1) is 20.8 Å². The average molecular weight is 527 g/mol. The first-order valence-corrected chi connectivity index (χ1v) is 10.0. The Hall–Kier alpha value is -2.00. The molecule has 2 N–H and O–H groups in total. The summed E-state index contributed by atoms with van der Waals surface area (Å²) < 4.78 is 16.3. The SMILES string of the molecule is CN=C(NCCCOCCc1ccccc1)NCCc1ccc(OC)c(OC)c1.I. The van der Waals surface area contributed by atoms with Crippen molar-refractivity contribution in [3.63, 3.8) is 0 Å². The van der Waals surface area contributed by atoms with Gasteiger partial charge in [0.15, 0.2) is 17.5 Å². The monoisotopic (exact) mass is 527 g/mol. The topological polar surface area (TPSA) is 64.1 Å². The van der Waals surface area contributed by atoms with Gasteiger partial charge in [0.25, 0.3) is 0 Å². The molecule has 30 heavy (non-hydrogen) atoms. The smallest absolute Gasteiger partial charge is 0.190 e. The number of ether oxygens (including phenoxy) is 3. The van der Waals surface area contributed by atoms with Crippen LogP contribution in [0.15, 0.2) is 53.5 Å². The van der Waals surface area contributed by atoms with Crippen LogP contribution >= 0.6 is 24.0 Å². The van der Waals surface area contributed by atoms with Crippen molar-refractivity contribution >= 4 is 29.9 Å². The number of nitrogens with zero attached hydrogens (tertiary/aromatic N) is 1. The summed E-state index contributed by atoms with van der Waals surface area (Å²) in [7, 11) is 5.07. The van der Waals surface area contributed by atoms with Gasteiger partial charge in [-0.25, -0.2) is 0 Å². The molecule has 6 nitrogen and oxygen atoms in total. The van der Waals surface area contributed by atoms with E-state index in [-0.39, 0.29) is 24.0 Å². The number of aliphatic imine (C=N–C) groups is 1. The maximum Gasteiger partial charge on any atom is 0.190 e. The van der Waals surface area contributed by atoms with Crippen LogP contribution in [0.3, 0.4) is 0 Å². The molecule has 0 spiro atoms. The van der Waals surface area contributed by atoms with E-state index in [1.165, 1.54) is 11.1 Å². The third-order valence-electron chi connectivity index (χ3n) is 4.51. The summed E-state index contributed by atoms with van der Waals surface area (Å²) in [4.78, 5) is 4.26. The van der Waals surface area contributed by atoms with Crippen molar-refractivity contribution in [1.29, 1.82) is 0 Å². The fourth-order valence-electron chi connectivity index (χ4n) is 2.90. The number of methoxy groups -OCH3 is 2. The van der Waals surface area contributed by atoms with Gasteiger partial charge in [-0.05, 0) is 42.5 Å². The summed E-state index contributed by atoms with van der Waals surface area (Å²) >= 11 is 0. The maximum atomic E-state index is 5.71. The molecule has 0 aliphatic rings. The van der Waals surface area contributed by atoms with Gasteiger partial charge in [0.1, 0.15) is 0 Å². The lowest BCUT2D eigenvalue weighted by Crippen LogP contribution is -2.39. The van der Waals surface area contributed by atoms with Crippen molar-refractivity contribution in [3.05, 3.63) is 59.7 Å². The Labute approximate surface area is 197 Å². The van der Waals surface area contributed by atoms with Crippen molar-refractivity contribution in [2.24, 2.45) is 4.99 Å². The Morgan fingerprint density at radius 3 is 2.27 bits per heavy atom. The molecule has 0 atom stereocenters. The standard InChI is InChI=1S/C23H33N3O3.HI/c1-24-23(25-14-7-16-29-17-13-19-8-5-4-6-9-19)26-15-12-20-10-11-21(27-2)22(18-20)28-3;/h4-6,8-11,18H,7,12-17H2,1-3H3,(H2,24,25,26);1H. The first-order chi connectivity index (χ1) is 14.3. The molecular formula is C23H34IN3O3. The van der Waals surface area contributed by atoms with E-state index in [0.29, 0.717) is 0 Å². The van der Waals surface area contributed by atoms with Crippen LogP contribution in [0.1, 0.15) is 17.5 Å². The second-order valence-corrected chi connectivity index (χ2v) is 6.57. The minimum absolute atomic E-state index is 0. The molecule has 2 rings (SSSR count). The number of hydrogen-bond donors (Lipinski definition) is 2. The molecule has 166 valence electrons. The maximum absolute atomic E-state index is 5.71. The summed E-state index contributed by atoms with van der Waals surface area (Å²) in [5.74, 6) is 2.29. The van der Waals surface area contributed by atoms with Crippen LogP contribution in [-0.4, -0.2) is 53.5 Å². The van der Waals surface area contributed by atoms with E-state index >= 15 is 0 Å². The fourth-order valence-corrected chi connectivity index (χ4v) is 2.90. The molecule has 0 saturated heterocycles. The predicted octanol–water partition coefficient (Wildman–Crippen LogP) is 3.68. The second kappa shape index (κ2) is 15.8. The second-order valence-electron chi connectivity index (χ2n) is 6.57. The molecule has 2 aromatic rings. The highest BCUT2D eigenvalue weighted by Crippen LogP contribution is 2.27. The Balaban J connectivity index is 0.00000450. The summed E-state index contributed by atoms with van der Waals surface area (Å²) in [6.07, 6.45) is 2.75. The average Bonchev–Trinajstić information content (AvgIpc) is 2.77. The first kappa shape index (κ1) is 26.0. The molecule has 0 aliphatic heterocycles. The molecule has 7 heteroatoms. The van der Waals surface area contributed by atoms with Crippen molar-refractivity contribution in [2.45, 2.75) is 19.3 Å². The molecule has 0 saturated carbocycles. The van der Waals surface area contributed by atoms with Gasteiger partial charge < -0.3 is 24.8 Å². The van der Waals surface area contributed by atoms with E-state index < -0.39 is 0 Å². The molecule has 0 heterocycles. The van der Waals surface area contributed by atoms with E-state index in [4.69, 9.17) is 14.2 Å². The molecule has 0 unspecified atom stereocenters. The number of hydrogen-bond acceptors (Lipinski definition) is 4. The highest BCUT2D eigenvalue weighted by atomic mass is 127. The van der Waals surface area contributed by atoms with Gasteiger partial charge in [-0.2, -0.15) is 0 Å². The number of benzene rings is 2. The van der Waals surface area contributed by atoms with E-state index in [2.05, 4.69) is 39.9 Å². The first-order valence-electron chi connectivity index (χ1n) is 10.0. The van der Waals surface area contributed by atoms with Gasteiger partial charge in [-0.1, -0.05) is 36.4 Å². The summed E-state index contributed by atoms with van der Waals surface area (Å²) in [5.41, 5.74) is 2.49. The number of nitrogens with one attached hydrogen (secondary N) is 2. The fraction of sp³-hybridized carbons (Fsp3) is 0.435. The van der Waals surface area contributed by atoms with Crippen molar-refractivity contribution < 1.29 is 14.2 Å². The van der Waals surface area contributed by atoms with Crippen molar-refractivity contribution in [3.8, 4) is 11.5 Å². The quantitative estimate of drug-likeness (QED) is 0.191. The molecular weight excluding hydrogens is 493 g/mol. The van der Waals surface area contributed by atoms with Gasteiger partial charge in [-0.15, -0.1) is 24.0 Å². The Bertz CT molecular complexity index is 742. The number of halogens is 1. The van der Waals surface area contributed by atoms with Crippen molar-refractivity contribution in [2.75, 3.05) is 47.6 Å². The lowest BCUT2D eigenvalue weighted by Gasteiger charge is -2.13. The summed E-state index contributed by atoms with van der Waals surface area (Å²) in [6.45, 7) is 3.09. The minimum Gasteiger partial charge on any atom is -0.493 e. The molecule has 0 fully saturated rings. The zero-order chi connectivity index (χ0) is 20.7. The van der Waals surface area contributed by atoms with Crippen LogP contribution < -0.4 is 20.1 Å². The highest BCUT2D eigenvalue weighted by molar-refractivity contribution is 14.0. The lowest BCUT2D eigenvalue weighted by atomic mass is 10.1. The number of rotatable bonds is 12. The zero-order valence-electron chi connectivity index (χ0n) is 18.1. The van der Waals surface area contributed by atoms with Crippen LogP contribution in [0.5, 0.6) is 11.5 Å². The van der Waals surface area contributed by atoms with Gasteiger partial charge in [0, 0.05) is 26.7 Å². The Morgan fingerprint density at radius 2 is 1.57 bits per heavy atom. The molecule has 0 bridgehead atoms. The largest absolute Gasteiger partial charge is 0.493 e. The molecule has 0 amide bonds.